The van der Waals surface area contributed by atoms with Crippen molar-refractivity contribution in [3.63, 3.8) is 0 Å². The van der Waals surface area contributed by atoms with E-state index in [1.54, 1.807) is 0 Å². The van der Waals surface area contributed by atoms with E-state index in [0.29, 0.717) is 0 Å². The van der Waals surface area contributed by atoms with Gasteiger partial charge in [-0.15, -0.1) is 0 Å². The Hall–Kier alpha value is -5.80. The lowest BCUT2D eigenvalue weighted by atomic mass is 9.69. The second-order valence-electron chi connectivity index (χ2n) is 14.0. The Kier molecular flexibility index (Phi) is 7.47. The molecule has 0 saturated heterocycles. The van der Waals surface area contributed by atoms with E-state index in [0.717, 1.165) is 55.6 Å². The van der Waals surface area contributed by atoms with Crippen LogP contribution in [0.25, 0.3) is 77.2 Å². The largest absolute Gasteiger partial charge is 0.392 e. The number of hydrogen-bond acceptors (Lipinski definition) is 2. The van der Waals surface area contributed by atoms with Gasteiger partial charge >= 0.3 is 0 Å². The van der Waals surface area contributed by atoms with Crippen LogP contribution in [0.15, 0.2) is 170 Å². The standard InChI is InChI=1S/C49H38O2/c1-31(50)49(32(2)51)47-29-43(39-15-7-13-37(27-39)41-19-17-33-9-3-5-11-35(33)25-41)21-23-45(47)46-24-22-44(30-48(46)49)40-16-8-14-38(28-40)42-20-18-34-10-4-6-12-36(34)26-42/h3-32,50-51H,1-2H3. The molecule has 8 aromatic carbocycles. The maximum atomic E-state index is 11.7. The first-order chi connectivity index (χ1) is 24.9. The summed E-state index contributed by atoms with van der Waals surface area (Å²) in [6.07, 6.45) is -1.67. The SMILES string of the molecule is CC(O)C1(C(C)O)c2cc(-c3cccc(-c4ccc5ccccc5c4)c3)ccc2-c2ccc(-c3cccc(-c4ccc5ccccc5c4)c3)cc21. The second-order valence-corrected chi connectivity index (χ2v) is 14.0. The van der Waals surface area contributed by atoms with Crippen LogP contribution in [0.1, 0.15) is 25.0 Å². The third-order valence-corrected chi connectivity index (χ3v) is 11.1. The van der Waals surface area contributed by atoms with Gasteiger partial charge in [0.15, 0.2) is 0 Å². The Balaban J connectivity index is 1.12. The quantitative estimate of drug-likeness (QED) is 0.187. The Bertz CT molecular complexity index is 2430. The molecule has 2 unspecified atom stereocenters. The molecule has 2 N–H and O–H groups in total. The highest BCUT2D eigenvalue weighted by Gasteiger charge is 2.50. The van der Waals surface area contributed by atoms with Crippen LogP contribution in [0.2, 0.25) is 0 Å². The van der Waals surface area contributed by atoms with Gasteiger partial charge in [0.25, 0.3) is 0 Å². The van der Waals surface area contributed by atoms with Crippen LogP contribution in [0.3, 0.4) is 0 Å². The Morgan fingerprint density at radius 1 is 0.333 bits per heavy atom. The van der Waals surface area contributed by atoms with Crippen molar-refractivity contribution < 1.29 is 10.2 Å². The van der Waals surface area contributed by atoms with E-state index < -0.39 is 17.6 Å². The van der Waals surface area contributed by atoms with Gasteiger partial charge in [-0.3, -0.25) is 0 Å². The minimum absolute atomic E-state index is 0.837. The van der Waals surface area contributed by atoms with E-state index in [-0.39, 0.29) is 0 Å². The van der Waals surface area contributed by atoms with Crippen LogP contribution in [-0.2, 0) is 5.41 Å². The summed E-state index contributed by atoms with van der Waals surface area (Å²) in [7, 11) is 0. The van der Waals surface area contributed by atoms with Gasteiger partial charge in [-0.25, -0.2) is 0 Å². The summed E-state index contributed by atoms with van der Waals surface area (Å²) in [4.78, 5) is 0. The van der Waals surface area contributed by atoms with Crippen molar-refractivity contribution in [3.05, 3.63) is 181 Å². The lowest BCUT2D eigenvalue weighted by molar-refractivity contribution is 0.0276. The average Bonchev–Trinajstić information content (AvgIpc) is 3.48. The molecule has 0 fully saturated rings. The Labute approximate surface area is 298 Å². The molecule has 51 heavy (non-hydrogen) atoms. The monoisotopic (exact) mass is 658 g/mol. The fraction of sp³-hybridized carbons (Fsp3) is 0.102. The van der Waals surface area contributed by atoms with Gasteiger partial charge in [0.05, 0.1) is 17.6 Å². The molecule has 0 spiro atoms. The normalized spacial score (nSPS) is 14.3. The van der Waals surface area contributed by atoms with Gasteiger partial charge < -0.3 is 10.2 Å². The summed E-state index contributed by atoms with van der Waals surface area (Å²) in [5, 5.41) is 28.3. The predicted octanol–water partition coefficient (Wildman–Crippen LogP) is 11.7. The summed E-state index contributed by atoms with van der Waals surface area (Å²) < 4.78 is 0. The number of benzene rings is 8. The van der Waals surface area contributed by atoms with Crippen molar-refractivity contribution in [2.75, 3.05) is 0 Å². The fourth-order valence-electron chi connectivity index (χ4n) is 8.49. The van der Waals surface area contributed by atoms with Crippen molar-refractivity contribution in [2.24, 2.45) is 0 Å². The minimum Gasteiger partial charge on any atom is -0.392 e. The molecule has 246 valence electrons. The van der Waals surface area contributed by atoms with Crippen LogP contribution < -0.4 is 0 Å². The topological polar surface area (TPSA) is 40.5 Å². The minimum atomic E-state index is -0.997. The highest BCUT2D eigenvalue weighted by atomic mass is 16.3. The third kappa shape index (κ3) is 5.10. The molecule has 2 heteroatoms. The molecule has 0 aliphatic heterocycles. The number of hydrogen-bond donors (Lipinski definition) is 2. The molecule has 2 atom stereocenters. The number of aliphatic hydroxyl groups is 2. The Morgan fingerprint density at radius 2 is 0.667 bits per heavy atom. The van der Waals surface area contributed by atoms with Gasteiger partial charge in [-0.2, -0.15) is 0 Å². The summed E-state index contributed by atoms with van der Waals surface area (Å²) in [6.45, 7) is 3.62. The first kappa shape index (κ1) is 31.2. The van der Waals surface area contributed by atoms with Gasteiger partial charge in [0.2, 0.25) is 0 Å². The van der Waals surface area contributed by atoms with Crippen molar-refractivity contribution in [1.82, 2.24) is 0 Å². The highest BCUT2D eigenvalue weighted by Crippen LogP contribution is 2.54. The summed E-state index contributed by atoms with van der Waals surface area (Å²) in [6, 6.07) is 60.4. The van der Waals surface area contributed by atoms with E-state index in [4.69, 9.17) is 0 Å². The van der Waals surface area contributed by atoms with Gasteiger partial charge in [-0.05, 0) is 139 Å². The summed E-state index contributed by atoms with van der Waals surface area (Å²) in [5.41, 5.74) is 12.0. The fourth-order valence-corrected chi connectivity index (χ4v) is 8.49. The Morgan fingerprint density at radius 3 is 1.06 bits per heavy atom. The van der Waals surface area contributed by atoms with Gasteiger partial charge in [0, 0.05) is 0 Å². The van der Waals surface area contributed by atoms with Crippen LogP contribution >= 0.6 is 0 Å². The highest BCUT2D eigenvalue weighted by molar-refractivity contribution is 5.91. The second kappa shape index (κ2) is 12.2. The zero-order chi connectivity index (χ0) is 34.7. The molecular weight excluding hydrogens is 621 g/mol. The lowest BCUT2D eigenvalue weighted by Gasteiger charge is -2.38. The summed E-state index contributed by atoms with van der Waals surface area (Å²) in [5.74, 6) is 0. The lowest BCUT2D eigenvalue weighted by Crippen LogP contribution is -2.46. The number of aliphatic hydroxyl groups excluding tert-OH is 2. The number of rotatable bonds is 6. The molecular formula is C49H38O2. The maximum absolute atomic E-state index is 11.7. The predicted molar refractivity (Wildman–Crippen MR) is 213 cm³/mol. The molecule has 1 aliphatic carbocycles. The number of fused-ring (bicyclic) bond motifs is 5. The van der Waals surface area contributed by atoms with Crippen molar-refractivity contribution in [2.45, 2.75) is 31.5 Å². The molecule has 0 heterocycles. The molecule has 2 nitrogen and oxygen atoms in total. The molecule has 8 aromatic rings. The molecule has 0 amide bonds. The van der Waals surface area contributed by atoms with Crippen LogP contribution in [0.5, 0.6) is 0 Å². The molecule has 9 rings (SSSR count). The molecule has 0 aromatic heterocycles. The molecule has 0 saturated carbocycles. The molecule has 1 aliphatic rings. The van der Waals surface area contributed by atoms with E-state index >= 15 is 0 Å². The van der Waals surface area contributed by atoms with E-state index in [2.05, 4.69) is 170 Å². The van der Waals surface area contributed by atoms with Gasteiger partial charge in [0.1, 0.15) is 0 Å². The first-order valence-electron chi connectivity index (χ1n) is 17.7. The van der Waals surface area contributed by atoms with Crippen LogP contribution in [0.4, 0.5) is 0 Å². The van der Waals surface area contributed by atoms with Crippen LogP contribution in [0, 0.1) is 0 Å². The maximum Gasteiger partial charge on any atom is 0.0727 e. The van der Waals surface area contributed by atoms with E-state index in [9.17, 15) is 10.2 Å². The molecule has 0 bridgehead atoms. The first-order valence-corrected chi connectivity index (χ1v) is 17.7. The third-order valence-electron chi connectivity index (χ3n) is 11.1. The zero-order valence-corrected chi connectivity index (χ0v) is 28.7. The van der Waals surface area contributed by atoms with Gasteiger partial charge in [-0.1, -0.05) is 133 Å². The average molecular weight is 659 g/mol. The summed E-state index contributed by atoms with van der Waals surface area (Å²) >= 11 is 0. The molecule has 0 radical (unpaired) electrons. The van der Waals surface area contributed by atoms with E-state index in [1.807, 2.05) is 13.8 Å². The van der Waals surface area contributed by atoms with E-state index in [1.165, 1.54) is 32.7 Å². The van der Waals surface area contributed by atoms with Crippen molar-refractivity contribution >= 4 is 21.5 Å². The van der Waals surface area contributed by atoms with Crippen molar-refractivity contribution in [3.8, 4) is 55.6 Å². The zero-order valence-electron chi connectivity index (χ0n) is 28.7. The van der Waals surface area contributed by atoms with Crippen LogP contribution in [-0.4, -0.2) is 22.4 Å². The van der Waals surface area contributed by atoms with Crippen molar-refractivity contribution in [1.29, 1.82) is 0 Å². The smallest absolute Gasteiger partial charge is 0.0727 e.